The van der Waals surface area contributed by atoms with Crippen LogP contribution >= 0.6 is 0 Å². The molecule has 5 atom stereocenters. The maximum Gasteiger partial charge on any atom is 0.259 e. The van der Waals surface area contributed by atoms with E-state index >= 15 is 4.39 Å². The highest BCUT2D eigenvalue weighted by Crippen LogP contribution is 2.68. The van der Waals surface area contributed by atoms with Gasteiger partial charge in [-0.3, -0.25) is 19.8 Å². The van der Waals surface area contributed by atoms with Gasteiger partial charge in [0.25, 0.3) is 11.8 Å². The quantitative estimate of drug-likeness (QED) is 0.573. The Morgan fingerprint density at radius 2 is 1.94 bits per heavy atom. The Labute approximate surface area is 207 Å². The summed E-state index contributed by atoms with van der Waals surface area (Å²) >= 11 is 0. The van der Waals surface area contributed by atoms with Crippen molar-refractivity contribution < 1.29 is 28.9 Å². The molecule has 0 radical (unpaired) electrons. The first kappa shape index (κ1) is 21.1. The lowest BCUT2D eigenvalue weighted by Gasteiger charge is -2.64. The Hall–Kier alpha value is -2.97. The van der Waals surface area contributed by atoms with Crippen molar-refractivity contribution in [1.29, 1.82) is 0 Å². The van der Waals surface area contributed by atoms with Crippen molar-refractivity contribution in [1.82, 2.24) is 10.2 Å². The van der Waals surface area contributed by atoms with Crippen molar-refractivity contribution in [2.75, 3.05) is 13.1 Å². The van der Waals surface area contributed by atoms with Crippen molar-refractivity contribution in [3.8, 4) is 11.5 Å². The fraction of sp³-hybridized carbons (Fsp3) is 0.500. The van der Waals surface area contributed by atoms with E-state index in [0.717, 1.165) is 24.2 Å². The summed E-state index contributed by atoms with van der Waals surface area (Å²) in [4.78, 5) is 27.6. The predicted molar refractivity (Wildman–Crippen MR) is 126 cm³/mol. The zero-order chi connectivity index (χ0) is 24.6. The van der Waals surface area contributed by atoms with Gasteiger partial charge in [-0.1, -0.05) is 6.07 Å². The second kappa shape index (κ2) is 6.66. The summed E-state index contributed by atoms with van der Waals surface area (Å²) in [6.07, 6.45) is 3.95. The molecule has 6 aliphatic rings. The Morgan fingerprint density at radius 1 is 1.11 bits per heavy atom. The van der Waals surface area contributed by atoms with Gasteiger partial charge in [-0.2, -0.15) is 0 Å². The van der Waals surface area contributed by atoms with Crippen molar-refractivity contribution in [3.63, 3.8) is 0 Å². The Morgan fingerprint density at radius 3 is 2.75 bits per heavy atom. The number of nitrogens with one attached hydrogen (secondary N) is 1. The molecule has 36 heavy (non-hydrogen) atoms. The molecule has 2 bridgehead atoms. The van der Waals surface area contributed by atoms with Gasteiger partial charge in [0.2, 0.25) is 0 Å². The first-order chi connectivity index (χ1) is 17.3. The number of hydrogen-bond acceptors (Lipinski definition) is 6. The van der Waals surface area contributed by atoms with Gasteiger partial charge in [0.15, 0.2) is 11.5 Å². The minimum atomic E-state index is -1.10. The maximum absolute atomic E-state index is 15.5. The van der Waals surface area contributed by atoms with Crippen LogP contribution in [0.25, 0.3) is 0 Å². The van der Waals surface area contributed by atoms with Gasteiger partial charge in [0.1, 0.15) is 11.9 Å². The van der Waals surface area contributed by atoms with Crippen LogP contribution in [-0.4, -0.2) is 57.8 Å². The second-order valence-electron chi connectivity index (χ2n) is 11.6. The molecule has 3 aliphatic carbocycles. The van der Waals surface area contributed by atoms with E-state index in [0.29, 0.717) is 37.4 Å². The molecule has 2 saturated carbocycles. The highest BCUT2D eigenvalue weighted by atomic mass is 19.1. The summed E-state index contributed by atoms with van der Waals surface area (Å²) in [5, 5.41) is 25.7. The number of aliphatic hydroxyl groups is 1. The number of rotatable bonds is 3. The zero-order valence-electron chi connectivity index (χ0n) is 19.7. The van der Waals surface area contributed by atoms with Crippen LogP contribution in [0, 0.1) is 11.7 Å². The van der Waals surface area contributed by atoms with Gasteiger partial charge in [-0.15, -0.1) is 0 Å². The van der Waals surface area contributed by atoms with Crippen LogP contribution in [-0.2, 0) is 11.8 Å². The number of halogens is 1. The molecule has 8 rings (SSSR count). The van der Waals surface area contributed by atoms with E-state index < -0.39 is 40.7 Å². The Bertz CT molecular complexity index is 1390. The number of phenols is 1. The maximum atomic E-state index is 15.5. The van der Waals surface area contributed by atoms with Crippen LogP contribution in [0.3, 0.4) is 0 Å². The number of piperidine rings is 1. The topological polar surface area (TPSA) is 99.1 Å². The number of benzene rings is 2. The van der Waals surface area contributed by atoms with E-state index in [2.05, 4.69) is 10.2 Å². The first-order valence-corrected chi connectivity index (χ1v) is 13.0. The van der Waals surface area contributed by atoms with Gasteiger partial charge in [0.05, 0.1) is 22.1 Å². The van der Waals surface area contributed by atoms with Gasteiger partial charge in [-0.25, -0.2) is 4.39 Å². The summed E-state index contributed by atoms with van der Waals surface area (Å²) in [6.45, 7) is 1.76. The second-order valence-corrected chi connectivity index (χ2v) is 11.6. The number of imide groups is 1. The summed E-state index contributed by atoms with van der Waals surface area (Å²) in [7, 11) is 0. The zero-order valence-corrected chi connectivity index (χ0v) is 19.7. The molecule has 2 aromatic rings. The minimum absolute atomic E-state index is 0.0177. The standard InChI is InChI=1S/C28H27FN2O5/c29-17-5-4-16-21(26(34)30-25(16)33)20(17)15-7-8-28(35)19-11-14-3-6-18(32)23-22(14)27(28,24(15)36-23)9-10-31(19)12-13-1-2-13/h3-6,13,15,19,24,32,35H,1-2,7-12H2,(H,30,33,34)/t15-,19+,24-,27-,28+/m0/s1. The Balaban J connectivity index is 1.33. The van der Waals surface area contributed by atoms with E-state index in [1.807, 2.05) is 6.07 Å². The minimum Gasteiger partial charge on any atom is -0.504 e. The van der Waals surface area contributed by atoms with Gasteiger partial charge < -0.3 is 14.9 Å². The number of fused-ring (bicyclic) bond motifs is 1. The fourth-order valence-corrected chi connectivity index (χ4v) is 8.40. The third kappa shape index (κ3) is 2.35. The highest BCUT2D eigenvalue weighted by Gasteiger charge is 2.73. The molecule has 1 saturated heterocycles. The summed E-state index contributed by atoms with van der Waals surface area (Å²) in [5.74, 6) is -1.14. The van der Waals surface area contributed by atoms with Crippen LogP contribution in [0.1, 0.15) is 75.4 Å². The third-order valence-electron chi connectivity index (χ3n) is 10.0. The number of amides is 2. The molecule has 1 spiro atoms. The third-order valence-corrected chi connectivity index (χ3v) is 10.0. The molecule has 0 unspecified atom stereocenters. The van der Waals surface area contributed by atoms with Crippen LogP contribution < -0.4 is 10.1 Å². The van der Waals surface area contributed by atoms with E-state index in [4.69, 9.17) is 4.74 Å². The van der Waals surface area contributed by atoms with Gasteiger partial charge in [0, 0.05) is 29.6 Å². The van der Waals surface area contributed by atoms with Crippen molar-refractivity contribution in [2.45, 2.75) is 67.6 Å². The highest BCUT2D eigenvalue weighted by molar-refractivity contribution is 6.22. The molecule has 3 aliphatic heterocycles. The van der Waals surface area contributed by atoms with E-state index in [1.165, 1.54) is 25.0 Å². The number of hydrogen-bond donors (Lipinski definition) is 3. The molecular weight excluding hydrogens is 463 g/mol. The number of likely N-dealkylation sites (tertiary alicyclic amines) is 1. The summed E-state index contributed by atoms with van der Waals surface area (Å²) in [6, 6.07) is 6.10. The van der Waals surface area contributed by atoms with Crippen LogP contribution in [0.2, 0.25) is 0 Å². The predicted octanol–water partition coefficient (Wildman–Crippen LogP) is 2.76. The van der Waals surface area contributed by atoms with Crippen molar-refractivity contribution in [3.05, 3.63) is 57.9 Å². The molecule has 0 aromatic heterocycles. The van der Waals surface area contributed by atoms with E-state index in [-0.39, 0.29) is 28.5 Å². The monoisotopic (exact) mass is 490 g/mol. The molecular formula is C28H27FN2O5. The first-order valence-electron chi connectivity index (χ1n) is 13.0. The normalized spacial score (nSPS) is 35.8. The number of aromatic hydroxyl groups is 1. The summed E-state index contributed by atoms with van der Waals surface area (Å²) < 4.78 is 22.1. The Kier molecular flexibility index (Phi) is 3.91. The van der Waals surface area contributed by atoms with E-state index in [9.17, 15) is 19.8 Å². The lowest BCUT2D eigenvalue weighted by molar-refractivity contribution is -0.190. The number of nitrogens with zero attached hydrogens (tertiary/aromatic N) is 1. The average molecular weight is 491 g/mol. The molecule has 186 valence electrons. The van der Waals surface area contributed by atoms with Crippen LogP contribution in [0.4, 0.5) is 4.39 Å². The fourth-order valence-electron chi connectivity index (χ4n) is 8.40. The lowest BCUT2D eigenvalue weighted by atomic mass is 9.47. The van der Waals surface area contributed by atoms with Crippen molar-refractivity contribution in [2.24, 2.45) is 5.92 Å². The SMILES string of the molecule is O=C1NC(=O)c2c1ccc(F)c2[C@@H]1CC[C@@]2(O)[C@H]3Cc4ccc(O)c5c4[C@@]2(CCN3CC2CC2)[C@H]1O5. The molecule has 3 N–H and O–H groups in total. The van der Waals surface area contributed by atoms with Crippen LogP contribution in [0.15, 0.2) is 24.3 Å². The van der Waals surface area contributed by atoms with Crippen LogP contribution in [0.5, 0.6) is 11.5 Å². The summed E-state index contributed by atoms with van der Waals surface area (Å²) in [5.41, 5.74) is 0.442. The molecule has 7 nitrogen and oxygen atoms in total. The molecule has 2 aromatic carbocycles. The van der Waals surface area contributed by atoms with Gasteiger partial charge in [-0.05, 0) is 74.8 Å². The number of phenolic OH excluding ortho intramolecular Hbond substituents is 1. The smallest absolute Gasteiger partial charge is 0.259 e. The number of carbonyl (C=O) groups excluding carboxylic acids is 2. The van der Waals surface area contributed by atoms with E-state index in [1.54, 1.807) is 6.07 Å². The van der Waals surface area contributed by atoms with Gasteiger partial charge >= 0.3 is 0 Å². The number of carbonyl (C=O) groups is 2. The molecule has 3 heterocycles. The number of ether oxygens (including phenoxy) is 1. The average Bonchev–Trinajstić information content (AvgIpc) is 3.52. The molecule has 2 amide bonds. The van der Waals surface area contributed by atoms with Crippen molar-refractivity contribution >= 4 is 11.8 Å². The molecule has 3 fully saturated rings. The molecule has 8 heteroatoms. The lowest BCUT2D eigenvalue weighted by Crippen LogP contribution is -2.76. The largest absolute Gasteiger partial charge is 0.504 e.